The Labute approximate surface area is 344 Å². The van der Waals surface area contributed by atoms with Gasteiger partial charge in [-0.05, 0) is 133 Å². The molecule has 0 bridgehead atoms. The number of halogens is 7. The van der Waals surface area contributed by atoms with Gasteiger partial charge in [0.15, 0.2) is 14.3 Å². The van der Waals surface area contributed by atoms with E-state index in [4.69, 9.17) is 0 Å². The van der Waals surface area contributed by atoms with Crippen molar-refractivity contribution in [1.82, 2.24) is 0 Å². The molecule has 0 spiro atoms. The summed E-state index contributed by atoms with van der Waals surface area (Å²) in [6.45, 7) is 4.48. The summed E-state index contributed by atoms with van der Waals surface area (Å²) < 4.78 is 11.3. The standard InChI is InChI=1S/2C12H8Br2I.C9H7BrO2.C4H6O2/c2*13-9-1-5-11(6-2-9)15-12-7-3-10(14)4-8-12;10-8-4-1-7(2-5-8)3-6-9(11)12;1-3(2)4(5)6/h2*1-8H;1-6H,(H,11,12);1H2,2H3,(H,5,6)/q2*+1;;/p-2. The van der Waals surface area contributed by atoms with E-state index < -0.39 is 11.9 Å². The van der Waals surface area contributed by atoms with Crippen molar-refractivity contribution in [2.24, 2.45) is 0 Å². The third kappa shape index (κ3) is 19.5. The lowest BCUT2D eigenvalue weighted by molar-refractivity contribution is -0.597. The van der Waals surface area contributed by atoms with Gasteiger partial charge in [0.25, 0.3) is 0 Å². The van der Waals surface area contributed by atoms with Crippen LogP contribution in [0, 0.1) is 14.3 Å². The molecule has 11 heteroatoms. The molecule has 248 valence electrons. The van der Waals surface area contributed by atoms with Crippen LogP contribution in [0.3, 0.4) is 0 Å². The average molecular weight is 1190 g/mol. The molecular weight excluding hydrogens is 1160 g/mol. The summed E-state index contributed by atoms with van der Waals surface area (Å²) in [6.07, 6.45) is 2.49. The van der Waals surface area contributed by atoms with E-state index >= 15 is 0 Å². The number of carbonyl (C=O) groups excluding carboxylic acids is 2. The van der Waals surface area contributed by atoms with Gasteiger partial charge in [0, 0.05) is 22.4 Å². The summed E-state index contributed by atoms with van der Waals surface area (Å²) in [5.41, 5.74) is 0.900. The van der Waals surface area contributed by atoms with E-state index in [9.17, 15) is 19.8 Å². The van der Waals surface area contributed by atoms with Crippen molar-refractivity contribution in [2.45, 2.75) is 6.92 Å². The quantitative estimate of drug-likeness (QED) is 0.186. The van der Waals surface area contributed by atoms with Crippen LogP contribution in [0.4, 0.5) is 0 Å². The van der Waals surface area contributed by atoms with Gasteiger partial charge in [0.05, 0.1) is 11.9 Å². The highest BCUT2D eigenvalue weighted by Crippen LogP contribution is 2.11. The Hall–Kier alpha value is -1.62. The molecule has 4 nitrogen and oxygen atoms in total. The summed E-state index contributed by atoms with van der Waals surface area (Å²) in [4.78, 5) is 19.5. The normalized spacial score (nSPS) is 9.96. The van der Waals surface area contributed by atoms with Crippen LogP contribution in [-0.2, 0) is 9.59 Å². The molecule has 48 heavy (non-hydrogen) atoms. The maximum absolute atomic E-state index is 10.0. The van der Waals surface area contributed by atoms with Crippen LogP contribution < -0.4 is 52.6 Å². The van der Waals surface area contributed by atoms with Crippen molar-refractivity contribution in [3.63, 3.8) is 0 Å². The first-order valence-electron chi connectivity index (χ1n) is 13.6. The molecule has 0 aliphatic heterocycles. The molecule has 0 saturated heterocycles. The Kier molecular flexibility index (Phi) is 21.0. The van der Waals surface area contributed by atoms with Gasteiger partial charge >= 0.3 is 42.4 Å². The predicted octanol–water partition coefficient (Wildman–Crippen LogP) is 3.20. The first kappa shape index (κ1) is 42.5. The van der Waals surface area contributed by atoms with Gasteiger partial charge in [-0.25, -0.2) is 0 Å². The number of rotatable bonds is 7. The average Bonchev–Trinajstić information content (AvgIpc) is 3.06. The molecule has 0 radical (unpaired) electrons. The zero-order chi connectivity index (χ0) is 35.5. The number of carboxylic acids is 2. The van der Waals surface area contributed by atoms with E-state index in [1.54, 1.807) is 0 Å². The van der Waals surface area contributed by atoms with E-state index in [0.29, 0.717) is 0 Å². The van der Waals surface area contributed by atoms with Gasteiger partial charge in [-0.1, -0.05) is 104 Å². The fourth-order valence-corrected chi connectivity index (χ4v) is 8.60. The summed E-state index contributed by atoms with van der Waals surface area (Å²) in [5, 5.41) is 19.5. The third-order valence-electron chi connectivity index (χ3n) is 5.28. The molecule has 0 N–H and O–H groups in total. The van der Waals surface area contributed by atoms with E-state index in [2.05, 4.69) is 183 Å². The fraction of sp³-hybridized carbons (Fsp3) is 0.0270. The summed E-state index contributed by atoms with van der Waals surface area (Å²) >= 11 is 17.0. The van der Waals surface area contributed by atoms with Gasteiger partial charge in [0.1, 0.15) is 0 Å². The Bertz CT molecular complexity index is 1570. The van der Waals surface area contributed by atoms with Gasteiger partial charge in [0.2, 0.25) is 0 Å². The molecule has 5 aromatic carbocycles. The van der Waals surface area contributed by atoms with Gasteiger partial charge < -0.3 is 19.8 Å². The van der Waals surface area contributed by atoms with E-state index in [1.165, 1.54) is 27.3 Å². The van der Waals surface area contributed by atoms with E-state index in [0.717, 1.165) is 34.0 Å². The number of hydrogen-bond donors (Lipinski definition) is 0. The van der Waals surface area contributed by atoms with Crippen molar-refractivity contribution < 1.29 is 62.2 Å². The second kappa shape index (κ2) is 23.7. The van der Waals surface area contributed by atoms with Crippen molar-refractivity contribution in [3.05, 3.63) is 182 Å². The molecule has 5 aromatic rings. The van der Waals surface area contributed by atoms with Gasteiger partial charge in [-0.3, -0.25) is 0 Å². The topological polar surface area (TPSA) is 80.3 Å². The van der Waals surface area contributed by atoms with Crippen LogP contribution in [-0.4, -0.2) is 11.9 Å². The van der Waals surface area contributed by atoms with E-state index in [1.807, 2.05) is 24.3 Å². The molecular formula is C37H27Br5I2O4. The van der Waals surface area contributed by atoms with Crippen molar-refractivity contribution in [3.8, 4) is 0 Å². The number of benzene rings is 5. The molecule has 0 aliphatic rings. The maximum Gasteiger partial charge on any atom is 0.357 e. The predicted molar refractivity (Wildman–Crippen MR) is 199 cm³/mol. The van der Waals surface area contributed by atoms with Crippen LogP contribution >= 0.6 is 79.6 Å². The molecule has 0 aliphatic carbocycles. The van der Waals surface area contributed by atoms with Crippen molar-refractivity contribution in [2.75, 3.05) is 0 Å². The summed E-state index contributed by atoms with van der Waals surface area (Å²) in [5.74, 6) is -2.37. The van der Waals surface area contributed by atoms with Crippen LogP contribution in [0.15, 0.2) is 162 Å². The largest absolute Gasteiger partial charge is 0.545 e. The van der Waals surface area contributed by atoms with Crippen molar-refractivity contribution >= 4 is 97.7 Å². The first-order chi connectivity index (χ1) is 22.8. The van der Waals surface area contributed by atoms with Crippen molar-refractivity contribution in [1.29, 1.82) is 0 Å². The number of carbonyl (C=O) groups is 2. The maximum atomic E-state index is 10.0. The van der Waals surface area contributed by atoms with Crippen LogP contribution in [0.2, 0.25) is 0 Å². The summed E-state index contributed by atoms with van der Waals surface area (Å²) in [6, 6.07) is 41.7. The summed E-state index contributed by atoms with van der Waals surface area (Å²) in [7, 11) is 0. The monoisotopic (exact) mass is 1180 g/mol. The minimum absolute atomic E-state index is 0.0385. The Morgan fingerprint density at radius 3 is 0.958 bits per heavy atom. The molecule has 0 heterocycles. The zero-order valence-electron chi connectivity index (χ0n) is 25.2. The molecule has 0 atom stereocenters. The molecule has 0 unspecified atom stereocenters. The Morgan fingerprint density at radius 1 is 0.521 bits per heavy atom. The lowest BCUT2D eigenvalue weighted by Crippen LogP contribution is -3.61. The minimum atomic E-state index is -1.19. The number of hydrogen-bond acceptors (Lipinski definition) is 4. The second-order valence-corrected chi connectivity index (χ2v) is 19.8. The third-order valence-corrected chi connectivity index (χ3v) is 13.3. The Morgan fingerprint density at radius 2 is 0.750 bits per heavy atom. The molecule has 0 aromatic heterocycles. The lowest BCUT2D eigenvalue weighted by Gasteiger charge is -1.94. The zero-order valence-corrected chi connectivity index (χ0v) is 37.4. The first-order valence-corrected chi connectivity index (χ1v) is 21.9. The number of aliphatic carboxylic acids is 2. The lowest BCUT2D eigenvalue weighted by atomic mass is 10.2. The van der Waals surface area contributed by atoms with Gasteiger partial charge in [-0.15, -0.1) is 0 Å². The molecule has 0 saturated carbocycles. The smallest absolute Gasteiger partial charge is 0.357 e. The minimum Gasteiger partial charge on any atom is -0.545 e. The SMILES string of the molecule is Brc1ccc([I+]c2ccc(Br)cc2)cc1.Brc1ccc([I+]c2ccc(Br)cc2)cc1.C=C(C)C(=O)[O-].O=C([O-])C=Cc1ccc(Br)cc1. The van der Waals surface area contributed by atoms with E-state index in [-0.39, 0.29) is 48.0 Å². The fourth-order valence-electron chi connectivity index (χ4n) is 2.96. The molecule has 0 fully saturated rings. The molecule has 5 rings (SSSR count). The van der Waals surface area contributed by atoms with Gasteiger partial charge in [-0.2, -0.15) is 0 Å². The Balaban J connectivity index is 0.000000232. The van der Waals surface area contributed by atoms with Crippen LogP contribution in [0.5, 0.6) is 0 Å². The highest BCUT2D eigenvalue weighted by atomic mass is 127. The highest BCUT2D eigenvalue weighted by molar-refractivity contribution is 9.11. The van der Waals surface area contributed by atoms with Crippen LogP contribution in [0.1, 0.15) is 12.5 Å². The van der Waals surface area contributed by atoms with Crippen LogP contribution in [0.25, 0.3) is 6.08 Å². The molecule has 0 amide bonds. The highest BCUT2D eigenvalue weighted by Gasteiger charge is 2.15. The second-order valence-electron chi connectivity index (χ2n) is 9.21. The number of carboxylic acid groups (broad SMARTS) is 2.